The summed E-state index contributed by atoms with van der Waals surface area (Å²) in [4.78, 5) is 26.0. The Morgan fingerprint density at radius 3 is 2.43 bits per heavy atom. The Labute approximate surface area is 124 Å². The van der Waals surface area contributed by atoms with Crippen molar-refractivity contribution in [2.24, 2.45) is 5.92 Å². The molecule has 0 bridgehead atoms. The summed E-state index contributed by atoms with van der Waals surface area (Å²) in [5.41, 5.74) is 0.301. The number of hydrogen-bond donors (Lipinski definition) is 2. The van der Waals surface area contributed by atoms with E-state index in [0.29, 0.717) is 6.42 Å². The third-order valence-electron chi connectivity index (χ3n) is 4.68. The first-order chi connectivity index (χ1) is 10.1. The van der Waals surface area contributed by atoms with Gasteiger partial charge in [-0.25, -0.2) is 4.79 Å². The molecule has 2 aliphatic heterocycles. The van der Waals surface area contributed by atoms with E-state index in [1.807, 2.05) is 30.3 Å². The second kappa shape index (κ2) is 5.48. The Morgan fingerprint density at radius 2 is 1.86 bits per heavy atom. The largest absolute Gasteiger partial charge is 0.324 e. The van der Waals surface area contributed by atoms with Gasteiger partial charge in [0.2, 0.25) is 0 Å². The highest BCUT2D eigenvalue weighted by molar-refractivity contribution is 6.07. The van der Waals surface area contributed by atoms with E-state index in [-0.39, 0.29) is 17.9 Å². The Bertz CT molecular complexity index is 540. The van der Waals surface area contributed by atoms with Crippen LogP contribution in [-0.4, -0.2) is 42.5 Å². The molecule has 5 heteroatoms. The number of carbonyl (C=O) groups excluding carboxylic acids is 2. The quantitative estimate of drug-likeness (QED) is 0.820. The van der Waals surface area contributed by atoms with Crippen molar-refractivity contribution in [3.05, 3.63) is 35.9 Å². The van der Waals surface area contributed by atoms with Crippen LogP contribution in [0.4, 0.5) is 4.79 Å². The standard InChI is InChI=1S/C16H21N3O2/c1-19-14(20)16(18-15(19)21,13-7-9-17-10-8-13)11-12-5-3-2-4-6-12/h2-6,13,17H,7-11H2,1H3,(H,18,21)/t16-/m0/s1. The molecular weight excluding hydrogens is 266 g/mol. The lowest BCUT2D eigenvalue weighted by Crippen LogP contribution is -2.57. The summed E-state index contributed by atoms with van der Waals surface area (Å²) < 4.78 is 0. The van der Waals surface area contributed by atoms with Gasteiger partial charge in [-0.05, 0) is 37.4 Å². The van der Waals surface area contributed by atoms with E-state index in [2.05, 4.69) is 10.6 Å². The highest BCUT2D eigenvalue weighted by Gasteiger charge is 2.54. The number of benzene rings is 1. The number of amides is 3. The van der Waals surface area contributed by atoms with Gasteiger partial charge in [0, 0.05) is 13.5 Å². The fourth-order valence-corrected chi connectivity index (χ4v) is 3.49. The van der Waals surface area contributed by atoms with Crippen LogP contribution in [0.5, 0.6) is 0 Å². The molecule has 21 heavy (non-hydrogen) atoms. The first kappa shape index (κ1) is 14.1. The van der Waals surface area contributed by atoms with Crippen molar-refractivity contribution in [3.63, 3.8) is 0 Å². The summed E-state index contributed by atoms with van der Waals surface area (Å²) in [6, 6.07) is 9.64. The average Bonchev–Trinajstić information content (AvgIpc) is 2.74. The Kier molecular flexibility index (Phi) is 3.68. The van der Waals surface area contributed by atoms with Gasteiger partial charge in [0.1, 0.15) is 5.54 Å². The van der Waals surface area contributed by atoms with Crippen molar-refractivity contribution >= 4 is 11.9 Å². The van der Waals surface area contributed by atoms with Crippen LogP contribution in [0, 0.1) is 5.92 Å². The molecule has 3 amide bonds. The molecule has 1 aromatic rings. The summed E-state index contributed by atoms with van der Waals surface area (Å²) in [6.07, 6.45) is 2.38. The summed E-state index contributed by atoms with van der Waals surface area (Å²) in [6.45, 7) is 1.79. The lowest BCUT2D eigenvalue weighted by atomic mass is 9.74. The van der Waals surface area contributed by atoms with Crippen LogP contribution in [0.15, 0.2) is 30.3 Å². The van der Waals surface area contributed by atoms with Crippen LogP contribution >= 0.6 is 0 Å². The second-order valence-electron chi connectivity index (χ2n) is 5.95. The number of hydrogen-bond acceptors (Lipinski definition) is 3. The number of carbonyl (C=O) groups is 2. The molecule has 1 aromatic carbocycles. The summed E-state index contributed by atoms with van der Waals surface area (Å²) in [5.74, 6) is 0.0867. The van der Waals surface area contributed by atoms with E-state index in [4.69, 9.17) is 0 Å². The van der Waals surface area contributed by atoms with Crippen LogP contribution < -0.4 is 10.6 Å². The molecule has 0 spiro atoms. The Hall–Kier alpha value is -1.88. The lowest BCUT2D eigenvalue weighted by molar-refractivity contribution is -0.132. The smallest absolute Gasteiger partial charge is 0.322 e. The zero-order valence-corrected chi connectivity index (χ0v) is 12.3. The van der Waals surface area contributed by atoms with E-state index in [1.165, 1.54) is 4.90 Å². The van der Waals surface area contributed by atoms with E-state index in [9.17, 15) is 9.59 Å². The van der Waals surface area contributed by atoms with Crippen molar-refractivity contribution in [2.45, 2.75) is 24.8 Å². The van der Waals surface area contributed by atoms with Gasteiger partial charge in [0.25, 0.3) is 5.91 Å². The lowest BCUT2D eigenvalue weighted by Gasteiger charge is -2.37. The predicted octanol–water partition coefficient (Wildman–Crippen LogP) is 1.15. The van der Waals surface area contributed by atoms with Crippen molar-refractivity contribution < 1.29 is 9.59 Å². The maximum atomic E-state index is 12.8. The molecule has 112 valence electrons. The highest BCUT2D eigenvalue weighted by atomic mass is 16.2. The molecule has 5 nitrogen and oxygen atoms in total. The monoisotopic (exact) mass is 287 g/mol. The van der Waals surface area contributed by atoms with Crippen molar-refractivity contribution in [1.82, 2.24) is 15.5 Å². The fraction of sp³-hybridized carbons (Fsp3) is 0.500. The maximum Gasteiger partial charge on any atom is 0.324 e. The van der Waals surface area contributed by atoms with E-state index >= 15 is 0 Å². The number of piperidine rings is 1. The number of nitrogens with zero attached hydrogens (tertiary/aromatic N) is 1. The summed E-state index contributed by atoms with van der Waals surface area (Å²) in [7, 11) is 1.56. The van der Waals surface area contributed by atoms with Gasteiger partial charge in [0.05, 0.1) is 0 Å². The predicted molar refractivity (Wildman–Crippen MR) is 79.8 cm³/mol. The molecule has 2 N–H and O–H groups in total. The molecule has 1 atom stereocenters. The minimum Gasteiger partial charge on any atom is -0.322 e. The van der Waals surface area contributed by atoms with Gasteiger partial charge in [0.15, 0.2) is 0 Å². The average molecular weight is 287 g/mol. The van der Waals surface area contributed by atoms with Crippen LogP contribution in [0.1, 0.15) is 18.4 Å². The summed E-state index contributed by atoms with van der Waals surface area (Å²) in [5, 5.41) is 6.31. The zero-order chi connectivity index (χ0) is 14.9. The van der Waals surface area contributed by atoms with E-state index in [0.717, 1.165) is 31.5 Å². The number of urea groups is 1. The molecule has 2 aliphatic rings. The third-order valence-corrected chi connectivity index (χ3v) is 4.68. The number of nitrogens with one attached hydrogen (secondary N) is 2. The van der Waals surface area contributed by atoms with E-state index in [1.54, 1.807) is 7.05 Å². The van der Waals surface area contributed by atoms with Gasteiger partial charge < -0.3 is 10.6 Å². The highest BCUT2D eigenvalue weighted by Crippen LogP contribution is 2.34. The van der Waals surface area contributed by atoms with E-state index < -0.39 is 5.54 Å². The van der Waals surface area contributed by atoms with Crippen LogP contribution in [0.2, 0.25) is 0 Å². The van der Waals surface area contributed by atoms with Crippen LogP contribution in [0.3, 0.4) is 0 Å². The number of rotatable bonds is 3. The molecule has 2 fully saturated rings. The Morgan fingerprint density at radius 1 is 1.19 bits per heavy atom. The first-order valence-electron chi connectivity index (χ1n) is 7.48. The van der Waals surface area contributed by atoms with Crippen LogP contribution in [0.25, 0.3) is 0 Å². The fourth-order valence-electron chi connectivity index (χ4n) is 3.49. The number of imide groups is 1. The molecule has 0 radical (unpaired) electrons. The second-order valence-corrected chi connectivity index (χ2v) is 5.95. The SMILES string of the molecule is CN1C(=O)N[C@@](Cc2ccccc2)(C2CCNCC2)C1=O. The molecule has 2 heterocycles. The number of likely N-dealkylation sites (N-methyl/N-ethyl adjacent to an activating group) is 1. The van der Waals surface area contributed by atoms with Gasteiger partial charge in [-0.15, -0.1) is 0 Å². The van der Waals surface area contributed by atoms with Crippen LogP contribution in [-0.2, 0) is 11.2 Å². The third kappa shape index (κ3) is 2.42. The molecular formula is C16H21N3O2. The minimum atomic E-state index is -0.782. The molecule has 0 aliphatic carbocycles. The Balaban J connectivity index is 1.95. The molecule has 0 aromatic heterocycles. The normalized spacial score (nSPS) is 27.0. The molecule has 0 unspecified atom stereocenters. The molecule has 2 saturated heterocycles. The van der Waals surface area contributed by atoms with Gasteiger partial charge in [-0.1, -0.05) is 30.3 Å². The van der Waals surface area contributed by atoms with Gasteiger partial charge in [-0.3, -0.25) is 9.69 Å². The topological polar surface area (TPSA) is 61.4 Å². The van der Waals surface area contributed by atoms with Crippen molar-refractivity contribution in [2.75, 3.05) is 20.1 Å². The minimum absolute atomic E-state index is 0.0942. The molecule has 0 saturated carbocycles. The van der Waals surface area contributed by atoms with Crippen molar-refractivity contribution in [1.29, 1.82) is 0 Å². The van der Waals surface area contributed by atoms with Gasteiger partial charge in [-0.2, -0.15) is 0 Å². The maximum absolute atomic E-state index is 12.8. The molecule has 3 rings (SSSR count). The first-order valence-corrected chi connectivity index (χ1v) is 7.48. The zero-order valence-electron chi connectivity index (χ0n) is 12.3. The van der Waals surface area contributed by atoms with Gasteiger partial charge >= 0.3 is 6.03 Å². The summed E-state index contributed by atoms with van der Waals surface area (Å²) >= 11 is 0. The van der Waals surface area contributed by atoms with Crippen molar-refractivity contribution in [3.8, 4) is 0 Å².